The van der Waals surface area contributed by atoms with Crippen LogP contribution in [0.1, 0.15) is 35.3 Å². The molecule has 1 aromatic heterocycles. The van der Waals surface area contributed by atoms with Crippen molar-refractivity contribution in [2.75, 3.05) is 44.3 Å². The van der Waals surface area contributed by atoms with Gasteiger partial charge in [0.05, 0.1) is 10.2 Å². The van der Waals surface area contributed by atoms with E-state index in [9.17, 15) is 4.79 Å². The first-order valence-corrected chi connectivity index (χ1v) is 11.6. The van der Waals surface area contributed by atoms with E-state index in [0.29, 0.717) is 36.8 Å². The van der Waals surface area contributed by atoms with Crippen LogP contribution in [0.3, 0.4) is 0 Å². The monoisotopic (exact) mass is 439 g/mol. The van der Waals surface area contributed by atoms with Crippen LogP contribution >= 0.6 is 11.3 Å². The van der Waals surface area contributed by atoms with E-state index < -0.39 is 0 Å². The Morgan fingerprint density at radius 1 is 1.00 bits per heavy atom. The smallest absolute Gasteiger partial charge is 0.260 e. The largest absolute Gasteiger partial charge is 0.486 e. The van der Waals surface area contributed by atoms with Gasteiger partial charge in [-0.15, -0.1) is 0 Å². The molecule has 0 fully saturated rings. The Balaban J connectivity index is 1.69. The summed E-state index contributed by atoms with van der Waals surface area (Å²) in [5.41, 5.74) is 3.95. The zero-order valence-corrected chi connectivity index (χ0v) is 19.4. The summed E-state index contributed by atoms with van der Waals surface area (Å²) in [6, 6.07) is 9.66. The summed E-state index contributed by atoms with van der Waals surface area (Å²) in [4.78, 5) is 22.6. The number of hydrogen-bond donors (Lipinski definition) is 0. The molecule has 0 aliphatic carbocycles. The Bertz CT molecular complexity index is 1050. The summed E-state index contributed by atoms with van der Waals surface area (Å²) in [7, 11) is 0. The van der Waals surface area contributed by atoms with Crippen LogP contribution in [0.15, 0.2) is 30.3 Å². The number of carbonyl (C=O) groups excluding carboxylic acids is 1. The molecule has 1 aliphatic heterocycles. The lowest BCUT2D eigenvalue weighted by Gasteiger charge is -2.25. The molecule has 6 nitrogen and oxygen atoms in total. The first-order valence-electron chi connectivity index (χ1n) is 10.8. The summed E-state index contributed by atoms with van der Waals surface area (Å²) in [5, 5.41) is 0.729. The van der Waals surface area contributed by atoms with Crippen LogP contribution in [0.2, 0.25) is 0 Å². The first-order chi connectivity index (χ1) is 15.0. The molecule has 0 saturated heterocycles. The second-order valence-electron chi connectivity index (χ2n) is 7.74. The summed E-state index contributed by atoms with van der Waals surface area (Å²) in [5.74, 6) is 1.23. The minimum absolute atomic E-state index is 0.0726. The fourth-order valence-electron chi connectivity index (χ4n) is 3.68. The van der Waals surface area contributed by atoms with Gasteiger partial charge in [0.25, 0.3) is 5.91 Å². The molecule has 0 saturated carbocycles. The maximum Gasteiger partial charge on any atom is 0.260 e. The van der Waals surface area contributed by atoms with Gasteiger partial charge < -0.3 is 14.4 Å². The van der Waals surface area contributed by atoms with Crippen molar-refractivity contribution in [3.8, 4) is 11.5 Å². The van der Waals surface area contributed by atoms with Crippen LogP contribution in [-0.4, -0.2) is 55.2 Å². The number of carbonyl (C=O) groups is 1. The van der Waals surface area contributed by atoms with E-state index in [2.05, 4.69) is 44.7 Å². The average Bonchev–Trinajstić information content (AvgIpc) is 3.18. The minimum Gasteiger partial charge on any atom is -0.486 e. The van der Waals surface area contributed by atoms with Crippen molar-refractivity contribution in [3.05, 3.63) is 47.0 Å². The Labute approximate surface area is 187 Å². The van der Waals surface area contributed by atoms with Gasteiger partial charge in [-0.05, 0) is 68.4 Å². The minimum atomic E-state index is -0.0726. The van der Waals surface area contributed by atoms with E-state index in [-0.39, 0.29) is 5.91 Å². The number of fused-ring (bicyclic) bond motifs is 2. The van der Waals surface area contributed by atoms with Crippen molar-refractivity contribution >= 4 is 32.6 Å². The van der Waals surface area contributed by atoms with Gasteiger partial charge in [-0.25, -0.2) is 4.98 Å². The lowest BCUT2D eigenvalue weighted by atomic mass is 10.1. The maximum absolute atomic E-state index is 13.6. The molecule has 0 radical (unpaired) electrons. The molecule has 164 valence electrons. The molecule has 0 unspecified atom stereocenters. The molecule has 3 aromatic rings. The molecule has 2 heterocycles. The normalized spacial score (nSPS) is 13.1. The zero-order chi connectivity index (χ0) is 22.0. The topological polar surface area (TPSA) is 54.9 Å². The van der Waals surface area contributed by atoms with Crippen LogP contribution in [0.4, 0.5) is 5.13 Å². The SMILES string of the molecule is CCN(CC)CCN(C(=O)c1ccc2c(c1)OCCO2)c1nc2cc(C)c(C)cc2s1. The van der Waals surface area contributed by atoms with Gasteiger partial charge in [-0.3, -0.25) is 9.69 Å². The van der Waals surface area contributed by atoms with Crippen LogP contribution in [0.5, 0.6) is 11.5 Å². The predicted octanol–water partition coefficient (Wildman–Crippen LogP) is 4.67. The van der Waals surface area contributed by atoms with Crippen molar-refractivity contribution in [1.29, 1.82) is 0 Å². The number of benzene rings is 2. The van der Waals surface area contributed by atoms with Crippen molar-refractivity contribution in [2.24, 2.45) is 0 Å². The fourth-order valence-corrected chi connectivity index (χ4v) is 4.75. The highest BCUT2D eigenvalue weighted by Gasteiger charge is 2.24. The number of thiazole rings is 1. The molecule has 0 spiro atoms. The molecule has 1 aliphatic rings. The molecular formula is C24H29N3O3S. The van der Waals surface area contributed by atoms with E-state index in [1.54, 1.807) is 22.3 Å². The number of hydrogen-bond acceptors (Lipinski definition) is 6. The molecule has 0 bridgehead atoms. The maximum atomic E-state index is 13.6. The number of amides is 1. The molecular weight excluding hydrogens is 410 g/mol. The van der Waals surface area contributed by atoms with Crippen LogP contribution in [-0.2, 0) is 0 Å². The van der Waals surface area contributed by atoms with Crippen molar-refractivity contribution in [3.63, 3.8) is 0 Å². The number of aryl methyl sites for hydroxylation is 2. The second kappa shape index (κ2) is 9.24. The number of nitrogens with zero attached hydrogens (tertiary/aromatic N) is 3. The molecule has 1 amide bonds. The van der Waals surface area contributed by atoms with Crippen LogP contribution in [0, 0.1) is 13.8 Å². The molecule has 0 atom stereocenters. The molecule has 0 N–H and O–H groups in total. The summed E-state index contributed by atoms with van der Waals surface area (Å²) in [6.07, 6.45) is 0. The number of ether oxygens (including phenoxy) is 2. The average molecular weight is 440 g/mol. The molecule has 7 heteroatoms. The Morgan fingerprint density at radius 2 is 1.71 bits per heavy atom. The third kappa shape index (κ3) is 4.52. The lowest BCUT2D eigenvalue weighted by Crippen LogP contribution is -2.39. The fraction of sp³-hybridized carbons (Fsp3) is 0.417. The van der Waals surface area contributed by atoms with Crippen molar-refractivity contribution in [1.82, 2.24) is 9.88 Å². The highest BCUT2D eigenvalue weighted by atomic mass is 32.1. The zero-order valence-electron chi connectivity index (χ0n) is 18.6. The van der Waals surface area contributed by atoms with Crippen LogP contribution < -0.4 is 14.4 Å². The number of anilines is 1. The Hall–Kier alpha value is -2.64. The van der Waals surface area contributed by atoms with E-state index >= 15 is 0 Å². The summed E-state index contributed by atoms with van der Waals surface area (Å²) < 4.78 is 12.4. The van der Waals surface area contributed by atoms with Gasteiger partial charge in [0.2, 0.25) is 0 Å². The van der Waals surface area contributed by atoms with E-state index in [0.717, 1.165) is 35.0 Å². The van der Waals surface area contributed by atoms with Gasteiger partial charge in [0, 0.05) is 18.7 Å². The molecule has 2 aromatic carbocycles. The Morgan fingerprint density at radius 3 is 2.45 bits per heavy atom. The third-order valence-corrected chi connectivity index (χ3v) is 6.83. The first kappa shape index (κ1) is 21.6. The van der Waals surface area contributed by atoms with Crippen molar-refractivity contribution in [2.45, 2.75) is 27.7 Å². The Kier molecular flexibility index (Phi) is 6.43. The van der Waals surface area contributed by atoms with E-state index in [1.807, 2.05) is 12.1 Å². The second-order valence-corrected chi connectivity index (χ2v) is 8.75. The number of likely N-dealkylation sites (N-methyl/N-ethyl adjacent to an activating group) is 1. The van der Waals surface area contributed by atoms with Gasteiger partial charge in [-0.1, -0.05) is 25.2 Å². The van der Waals surface area contributed by atoms with Gasteiger partial charge in [0.1, 0.15) is 13.2 Å². The quantitative estimate of drug-likeness (QED) is 0.535. The van der Waals surface area contributed by atoms with Crippen molar-refractivity contribution < 1.29 is 14.3 Å². The van der Waals surface area contributed by atoms with Gasteiger partial charge in [-0.2, -0.15) is 0 Å². The predicted molar refractivity (Wildman–Crippen MR) is 126 cm³/mol. The molecule has 4 rings (SSSR count). The van der Waals surface area contributed by atoms with Gasteiger partial charge >= 0.3 is 0 Å². The highest BCUT2D eigenvalue weighted by molar-refractivity contribution is 7.22. The van der Waals surface area contributed by atoms with E-state index in [4.69, 9.17) is 14.5 Å². The standard InChI is InChI=1S/C24H29N3O3S/c1-5-26(6-2)9-10-27(24-25-19-13-16(3)17(4)14-22(19)31-24)23(28)18-7-8-20-21(15-18)30-12-11-29-20/h7-8,13-15H,5-6,9-12H2,1-4H3. The van der Waals surface area contributed by atoms with E-state index in [1.165, 1.54) is 11.1 Å². The third-order valence-electron chi connectivity index (χ3n) is 5.79. The number of rotatable bonds is 7. The number of aromatic nitrogens is 1. The summed E-state index contributed by atoms with van der Waals surface area (Å²) >= 11 is 1.57. The summed E-state index contributed by atoms with van der Waals surface area (Å²) in [6.45, 7) is 12.7. The lowest BCUT2D eigenvalue weighted by molar-refractivity contribution is 0.0982. The van der Waals surface area contributed by atoms with Gasteiger partial charge in [0.15, 0.2) is 16.6 Å². The molecule has 31 heavy (non-hydrogen) atoms. The highest BCUT2D eigenvalue weighted by Crippen LogP contribution is 2.34. The van der Waals surface area contributed by atoms with Crippen LogP contribution in [0.25, 0.3) is 10.2 Å².